The second-order valence-corrected chi connectivity index (χ2v) is 8.36. The van der Waals surface area contributed by atoms with Gasteiger partial charge in [0.2, 0.25) is 5.78 Å². The van der Waals surface area contributed by atoms with E-state index in [0.717, 1.165) is 6.07 Å². The SMILES string of the molecule is CC1(C)c2cc(O)cc(O)c2C(=O)c2c1cc1c(c2O)[C@](C)(O)C[C@H](O)C1. The Morgan fingerprint density at radius 1 is 1.00 bits per heavy atom. The fraction of sp³-hybridized carbons (Fsp3) is 0.381. The van der Waals surface area contributed by atoms with E-state index in [0.29, 0.717) is 16.7 Å². The Morgan fingerprint density at radius 3 is 2.30 bits per heavy atom. The van der Waals surface area contributed by atoms with Crippen molar-refractivity contribution in [1.29, 1.82) is 0 Å². The van der Waals surface area contributed by atoms with E-state index in [4.69, 9.17) is 0 Å². The van der Waals surface area contributed by atoms with Crippen LogP contribution >= 0.6 is 0 Å². The molecule has 0 bridgehead atoms. The molecule has 2 aromatic rings. The lowest BCUT2D eigenvalue weighted by Crippen LogP contribution is -2.37. The predicted molar refractivity (Wildman–Crippen MR) is 97.3 cm³/mol. The highest BCUT2D eigenvalue weighted by Crippen LogP contribution is 2.52. The van der Waals surface area contributed by atoms with E-state index in [1.165, 1.54) is 13.0 Å². The van der Waals surface area contributed by atoms with Crippen LogP contribution in [0.3, 0.4) is 0 Å². The van der Waals surface area contributed by atoms with E-state index in [2.05, 4.69) is 0 Å². The van der Waals surface area contributed by atoms with Crippen LogP contribution in [0.15, 0.2) is 18.2 Å². The van der Waals surface area contributed by atoms with Crippen LogP contribution in [0.4, 0.5) is 0 Å². The number of ketones is 1. The van der Waals surface area contributed by atoms with E-state index < -0.39 is 22.9 Å². The fourth-order valence-corrected chi connectivity index (χ4v) is 4.71. The summed E-state index contributed by atoms with van der Waals surface area (Å²) in [4.78, 5) is 13.2. The smallest absolute Gasteiger partial charge is 0.201 e. The molecule has 0 aromatic heterocycles. The van der Waals surface area contributed by atoms with Crippen LogP contribution in [-0.4, -0.2) is 37.4 Å². The first kappa shape index (κ1) is 17.8. The summed E-state index contributed by atoms with van der Waals surface area (Å²) in [6.07, 6.45) is -0.443. The van der Waals surface area contributed by atoms with Crippen LogP contribution < -0.4 is 0 Å². The lowest BCUT2D eigenvalue weighted by molar-refractivity contribution is -0.0126. The molecule has 5 N–H and O–H groups in total. The lowest BCUT2D eigenvalue weighted by Gasteiger charge is -2.40. The number of phenols is 3. The summed E-state index contributed by atoms with van der Waals surface area (Å²) in [5.41, 5.74) is -0.365. The van der Waals surface area contributed by atoms with Gasteiger partial charge in [-0.1, -0.05) is 19.9 Å². The van der Waals surface area contributed by atoms with Crippen molar-refractivity contribution in [3.05, 3.63) is 51.6 Å². The van der Waals surface area contributed by atoms with Gasteiger partial charge in [0, 0.05) is 23.5 Å². The van der Waals surface area contributed by atoms with Gasteiger partial charge in [0.1, 0.15) is 17.2 Å². The first-order chi connectivity index (χ1) is 12.4. The summed E-state index contributed by atoms with van der Waals surface area (Å²) in [6.45, 7) is 5.17. The van der Waals surface area contributed by atoms with Crippen LogP contribution in [-0.2, 0) is 17.4 Å². The molecule has 0 spiro atoms. The number of carbonyl (C=O) groups excluding carboxylic acids is 1. The van der Waals surface area contributed by atoms with Crippen molar-refractivity contribution in [3.63, 3.8) is 0 Å². The van der Waals surface area contributed by atoms with Gasteiger partial charge < -0.3 is 25.5 Å². The van der Waals surface area contributed by atoms with E-state index in [9.17, 15) is 30.3 Å². The maximum atomic E-state index is 13.2. The zero-order chi connectivity index (χ0) is 19.9. The van der Waals surface area contributed by atoms with Crippen molar-refractivity contribution in [2.24, 2.45) is 0 Å². The maximum Gasteiger partial charge on any atom is 0.201 e. The predicted octanol–water partition coefficient (Wildman–Crippen LogP) is 2.19. The van der Waals surface area contributed by atoms with E-state index in [1.54, 1.807) is 6.07 Å². The van der Waals surface area contributed by atoms with Crippen molar-refractivity contribution >= 4 is 5.78 Å². The molecule has 27 heavy (non-hydrogen) atoms. The number of hydrogen-bond acceptors (Lipinski definition) is 6. The van der Waals surface area contributed by atoms with Crippen LogP contribution in [0, 0.1) is 0 Å². The molecule has 2 aromatic carbocycles. The number of fused-ring (bicyclic) bond motifs is 3. The average Bonchev–Trinajstić information content (AvgIpc) is 2.50. The minimum Gasteiger partial charge on any atom is -0.508 e. The standard InChI is InChI=1S/C21H22O6/c1-20(2)12-5-9-4-11(23)8-21(3,27)17(9)19(26)16(12)18(25)15-13(20)6-10(22)7-14(15)24/h5-7,11,22-24,26-27H,4,8H2,1-3H3/t11-,21-/m1/s1. The monoisotopic (exact) mass is 370 g/mol. The molecule has 2 aliphatic rings. The Bertz CT molecular complexity index is 1000. The minimum atomic E-state index is -1.48. The molecule has 0 unspecified atom stereocenters. The van der Waals surface area contributed by atoms with Gasteiger partial charge in [-0.05, 0) is 36.1 Å². The first-order valence-corrected chi connectivity index (χ1v) is 8.86. The minimum absolute atomic E-state index is 0.0380. The lowest BCUT2D eigenvalue weighted by atomic mass is 9.65. The topological polar surface area (TPSA) is 118 Å². The highest BCUT2D eigenvalue weighted by Gasteiger charge is 2.45. The van der Waals surface area contributed by atoms with Crippen LogP contribution in [0.2, 0.25) is 0 Å². The molecule has 6 heteroatoms. The molecule has 0 heterocycles. The quantitative estimate of drug-likeness (QED) is 0.485. The Labute approximate surface area is 156 Å². The number of carbonyl (C=O) groups is 1. The zero-order valence-electron chi connectivity index (χ0n) is 15.4. The molecule has 6 nitrogen and oxygen atoms in total. The molecule has 2 aliphatic carbocycles. The van der Waals surface area contributed by atoms with E-state index >= 15 is 0 Å². The van der Waals surface area contributed by atoms with Crippen molar-refractivity contribution in [2.45, 2.75) is 50.7 Å². The molecule has 2 atom stereocenters. The molecule has 142 valence electrons. The molecule has 0 fully saturated rings. The number of aromatic hydroxyl groups is 3. The Balaban J connectivity index is 2.09. The number of phenolic OH excluding ortho intramolecular Hbond substituents is 3. The maximum absolute atomic E-state index is 13.2. The second-order valence-electron chi connectivity index (χ2n) is 8.36. The number of aliphatic hydroxyl groups excluding tert-OH is 1. The number of benzene rings is 2. The summed E-state index contributed by atoms with van der Waals surface area (Å²) in [6, 6.07) is 4.28. The summed E-state index contributed by atoms with van der Waals surface area (Å²) in [5, 5.41) is 52.1. The zero-order valence-corrected chi connectivity index (χ0v) is 15.4. The van der Waals surface area contributed by atoms with E-state index in [1.807, 2.05) is 13.8 Å². The summed E-state index contributed by atoms with van der Waals surface area (Å²) in [7, 11) is 0. The molecule has 0 aliphatic heterocycles. The first-order valence-electron chi connectivity index (χ1n) is 8.86. The molecule has 0 saturated carbocycles. The largest absolute Gasteiger partial charge is 0.508 e. The molecular weight excluding hydrogens is 348 g/mol. The van der Waals surface area contributed by atoms with Crippen molar-refractivity contribution < 1.29 is 30.3 Å². The third-order valence-electron chi connectivity index (χ3n) is 5.91. The van der Waals surface area contributed by atoms with Gasteiger partial charge in [0.15, 0.2) is 0 Å². The molecule has 0 amide bonds. The molecule has 0 saturated heterocycles. The highest BCUT2D eigenvalue weighted by molar-refractivity contribution is 6.16. The second kappa shape index (κ2) is 5.24. The number of aliphatic hydroxyl groups is 2. The van der Waals surface area contributed by atoms with Crippen molar-refractivity contribution in [3.8, 4) is 17.2 Å². The van der Waals surface area contributed by atoms with Gasteiger partial charge in [-0.3, -0.25) is 4.79 Å². The fourth-order valence-electron chi connectivity index (χ4n) is 4.71. The van der Waals surface area contributed by atoms with Crippen LogP contribution in [0.25, 0.3) is 0 Å². The average molecular weight is 370 g/mol. The van der Waals surface area contributed by atoms with Gasteiger partial charge in [0.05, 0.1) is 22.8 Å². The molecule has 4 rings (SSSR count). The Morgan fingerprint density at radius 2 is 1.63 bits per heavy atom. The Kier molecular flexibility index (Phi) is 3.46. The van der Waals surface area contributed by atoms with Gasteiger partial charge in [-0.2, -0.15) is 0 Å². The summed E-state index contributed by atoms with van der Waals surface area (Å²) in [5.74, 6) is -1.38. The summed E-state index contributed by atoms with van der Waals surface area (Å²) < 4.78 is 0. The third kappa shape index (κ3) is 2.30. The van der Waals surface area contributed by atoms with Gasteiger partial charge >= 0.3 is 0 Å². The highest BCUT2D eigenvalue weighted by atomic mass is 16.3. The number of rotatable bonds is 0. The normalized spacial score (nSPS) is 25.5. The molecular formula is C21H22O6. The van der Waals surface area contributed by atoms with Crippen LogP contribution in [0.5, 0.6) is 17.2 Å². The van der Waals surface area contributed by atoms with Gasteiger partial charge in [-0.15, -0.1) is 0 Å². The number of hydrogen-bond donors (Lipinski definition) is 5. The van der Waals surface area contributed by atoms with Gasteiger partial charge in [0.25, 0.3) is 0 Å². The third-order valence-corrected chi connectivity index (χ3v) is 5.91. The van der Waals surface area contributed by atoms with Gasteiger partial charge in [-0.25, -0.2) is 0 Å². The summed E-state index contributed by atoms with van der Waals surface area (Å²) >= 11 is 0. The van der Waals surface area contributed by atoms with E-state index in [-0.39, 0.29) is 46.8 Å². The Hall–Kier alpha value is -2.57. The van der Waals surface area contributed by atoms with Crippen molar-refractivity contribution in [1.82, 2.24) is 0 Å². The molecule has 0 radical (unpaired) electrons. The van der Waals surface area contributed by atoms with Crippen LogP contribution in [0.1, 0.15) is 65.4 Å². The van der Waals surface area contributed by atoms with Crippen molar-refractivity contribution in [2.75, 3.05) is 0 Å².